The van der Waals surface area contributed by atoms with Gasteiger partial charge in [0.2, 0.25) is 0 Å². The van der Waals surface area contributed by atoms with E-state index in [9.17, 15) is 9.59 Å². The van der Waals surface area contributed by atoms with Crippen molar-refractivity contribution in [1.29, 1.82) is 0 Å². The molecule has 2 amide bonds. The number of amides is 2. The fourth-order valence-corrected chi connectivity index (χ4v) is 1.27. The smallest absolute Gasteiger partial charge is 0.326 e. The number of carboxylic acid groups (broad SMARTS) is 1. The molecular formula is C10H15N5O3. The second-order valence-corrected chi connectivity index (χ2v) is 3.77. The first-order chi connectivity index (χ1) is 8.54. The molecule has 98 valence electrons. The summed E-state index contributed by atoms with van der Waals surface area (Å²) in [6.07, 6.45) is 3.37. The van der Waals surface area contributed by atoms with Crippen LogP contribution >= 0.6 is 0 Å². The Morgan fingerprint density at radius 1 is 1.44 bits per heavy atom. The van der Waals surface area contributed by atoms with Gasteiger partial charge in [-0.1, -0.05) is 20.3 Å². The van der Waals surface area contributed by atoms with Crippen molar-refractivity contribution in [2.24, 2.45) is 5.92 Å². The van der Waals surface area contributed by atoms with Gasteiger partial charge in [0.25, 0.3) is 5.95 Å². The van der Waals surface area contributed by atoms with Crippen molar-refractivity contribution in [3.05, 3.63) is 12.4 Å². The highest BCUT2D eigenvalue weighted by molar-refractivity contribution is 5.90. The zero-order chi connectivity index (χ0) is 13.5. The molecule has 0 fully saturated rings. The fourth-order valence-electron chi connectivity index (χ4n) is 1.27. The fraction of sp³-hybridized carbons (Fsp3) is 0.500. The molecule has 0 saturated heterocycles. The normalized spacial score (nSPS) is 13.4. The molecule has 1 rings (SSSR count). The number of nitrogens with one attached hydrogen (secondary N) is 2. The van der Waals surface area contributed by atoms with E-state index in [2.05, 4.69) is 25.8 Å². The predicted octanol–water partition coefficient (Wildman–Crippen LogP) is 0.492. The minimum atomic E-state index is -1.08. The van der Waals surface area contributed by atoms with Crippen LogP contribution in [0.15, 0.2) is 12.4 Å². The molecule has 18 heavy (non-hydrogen) atoms. The number of urea groups is 1. The maximum atomic E-state index is 11.6. The highest BCUT2D eigenvalue weighted by Gasteiger charge is 2.25. The molecule has 0 aliphatic carbocycles. The average molecular weight is 253 g/mol. The number of aliphatic carboxylic acids is 1. The zero-order valence-corrected chi connectivity index (χ0v) is 10.1. The Kier molecular flexibility index (Phi) is 4.97. The van der Waals surface area contributed by atoms with Crippen molar-refractivity contribution in [3.8, 4) is 0 Å². The Bertz CT molecular complexity index is 411. The predicted molar refractivity (Wildman–Crippen MR) is 62.9 cm³/mol. The van der Waals surface area contributed by atoms with Crippen molar-refractivity contribution in [3.63, 3.8) is 0 Å². The molecule has 0 radical (unpaired) electrons. The van der Waals surface area contributed by atoms with Gasteiger partial charge in [0, 0.05) is 0 Å². The highest BCUT2D eigenvalue weighted by Crippen LogP contribution is 2.08. The van der Waals surface area contributed by atoms with Crippen LogP contribution in [-0.2, 0) is 4.79 Å². The average Bonchev–Trinajstić information content (AvgIpc) is 2.36. The molecule has 1 aromatic rings. The molecule has 0 spiro atoms. The van der Waals surface area contributed by atoms with Gasteiger partial charge in [-0.2, -0.15) is 5.10 Å². The Morgan fingerprint density at radius 3 is 2.67 bits per heavy atom. The number of nitrogens with zero attached hydrogens (tertiary/aromatic N) is 3. The first-order valence-electron chi connectivity index (χ1n) is 5.48. The second-order valence-electron chi connectivity index (χ2n) is 3.77. The minimum absolute atomic E-state index is 0.0169. The molecule has 1 heterocycles. The van der Waals surface area contributed by atoms with Crippen LogP contribution in [0.5, 0.6) is 0 Å². The molecule has 1 unspecified atom stereocenters. The van der Waals surface area contributed by atoms with Crippen LogP contribution in [0.2, 0.25) is 0 Å². The number of hydrogen-bond acceptors (Lipinski definition) is 5. The Morgan fingerprint density at radius 2 is 2.17 bits per heavy atom. The van der Waals surface area contributed by atoms with Crippen molar-refractivity contribution >= 4 is 17.9 Å². The van der Waals surface area contributed by atoms with Gasteiger partial charge in [-0.05, 0) is 5.92 Å². The number of anilines is 1. The SMILES string of the molecule is CCC(C)[C@H](NC(=O)Nc1nccnn1)C(=O)O. The molecule has 8 nitrogen and oxygen atoms in total. The molecule has 3 N–H and O–H groups in total. The van der Waals surface area contributed by atoms with Gasteiger partial charge in [0.1, 0.15) is 6.04 Å². The van der Waals surface area contributed by atoms with Gasteiger partial charge in [-0.15, -0.1) is 5.10 Å². The number of rotatable bonds is 5. The van der Waals surface area contributed by atoms with Crippen molar-refractivity contribution < 1.29 is 14.7 Å². The third kappa shape index (κ3) is 3.96. The quantitative estimate of drug-likeness (QED) is 0.703. The van der Waals surface area contributed by atoms with Gasteiger partial charge < -0.3 is 10.4 Å². The molecule has 8 heteroatoms. The Labute approximate surface area is 104 Å². The molecule has 0 aromatic carbocycles. The summed E-state index contributed by atoms with van der Waals surface area (Å²) in [6, 6.07) is -1.62. The van der Waals surface area contributed by atoms with E-state index in [0.29, 0.717) is 6.42 Å². The minimum Gasteiger partial charge on any atom is -0.480 e. The monoisotopic (exact) mass is 253 g/mol. The number of carbonyl (C=O) groups is 2. The first kappa shape index (κ1) is 13.8. The summed E-state index contributed by atoms with van der Waals surface area (Å²) < 4.78 is 0. The summed E-state index contributed by atoms with van der Waals surface area (Å²) in [5.74, 6) is -1.24. The maximum Gasteiger partial charge on any atom is 0.326 e. The van der Waals surface area contributed by atoms with Crippen LogP contribution in [0.1, 0.15) is 20.3 Å². The van der Waals surface area contributed by atoms with E-state index in [0.717, 1.165) is 0 Å². The van der Waals surface area contributed by atoms with Gasteiger partial charge in [-0.25, -0.2) is 14.6 Å². The lowest BCUT2D eigenvalue weighted by Crippen LogP contribution is -2.46. The standard InChI is InChI=1S/C10H15N5O3/c1-3-6(2)7(8(16)17)13-10(18)14-9-11-4-5-12-15-9/h4-7H,3H2,1-2H3,(H,16,17)(H2,11,13,14,15,18)/t6?,7-/m0/s1. The molecule has 0 bridgehead atoms. The van der Waals surface area contributed by atoms with Crippen molar-refractivity contribution in [2.75, 3.05) is 5.32 Å². The van der Waals surface area contributed by atoms with Crippen LogP contribution in [0.3, 0.4) is 0 Å². The van der Waals surface area contributed by atoms with Gasteiger partial charge in [-0.3, -0.25) is 5.32 Å². The van der Waals surface area contributed by atoms with E-state index in [-0.39, 0.29) is 11.9 Å². The van der Waals surface area contributed by atoms with Crippen LogP contribution in [0, 0.1) is 5.92 Å². The highest BCUT2D eigenvalue weighted by atomic mass is 16.4. The van der Waals surface area contributed by atoms with E-state index in [4.69, 9.17) is 5.11 Å². The molecule has 2 atom stereocenters. The van der Waals surface area contributed by atoms with Crippen molar-refractivity contribution in [2.45, 2.75) is 26.3 Å². The third-order valence-electron chi connectivity index (χ3n) is 2.47. The van der Waals surface area contributed by atoms with E-state index in [1.54, 1.807) is 6.92 Å². The van der Waals surface area contributed by atoms with Gasteiger partial charge in [0.05, 0.1) is 12.4 Å². The molecule has 1 aromatic heterocycles. The largest absolute Gasteiger partial charge is 0.480 e. The topological polar surface area (TPSA) is 117 Å². The summed E-state index contributed by atoms with van der Waals surface area (Å²) in [4.78, 5) is 26.3. The number of aromatic nitrogens is 3. The van der Waals surface area contributed by atoms with E-state index in [1.807, 2.05) is 6.92 Å². The molecule has 0 aliphatic heterocycles. The van der Waals surface area contributed by atoms with E-state index >= 15 is 0 Å². The van der Waals surface area contributed by atoms with Crippen LogP contribution in [-0.4, -0.2) is 38.3 Å². The summed E-state index contributed by atoms with van der Waals surface area (Å²) in [6.45, 7) is 3.60. The lowest BCUT2D eigenvalue weighted by atomic mass is 10.00. The summed E-state index contributed by atoms with van der Waals surface area (Å²) in [5.41, 5.74) is 0. The van der Waals surface area contributed by atoms with E-state index in [1.165, 1.54) is 12.4 Å². The summed E-state index contributed by atoms with van der Waals surface area (Å²) in [7, 11) is 0. The second kappa shape index (κ2) is 6.48. The molecular weight excluding hydrogens is 238 g/mol. The first-order valence-corrected chi connectivity index (χ1v) is 5.48. The Hall–Kier alpha value is -2.25. The lowest BCUT2D eigenvalue weighted by Gasteiger charge is -2.19. The summed E-state index contributed by atoms with van der Waals surface area (Å²) >= 11 is 0. The van der Waals surface area contributed by atoms with Crippen LogP contribution < -0.4 is 10.6 Å². The van der Waals surface area contributed by atoms with Crippen molar-refractivity contribution in [1.82, 2.24) is 20.5 Å². The number of carboxylic acids is 1. The maximum absolute atomic E-state index is 11.6. The third-order valence-corrected chi connectivity index (χ3v) is 2.47. The van der Waals surface area contributed by atoms with Crippen LogP contribution in [0.25, 0.3) is 0 Å². The molecule has 0 aliphatic rings. The van der Waals surface area contributed by atoms with Gasteiger partial charge in [0.15, 0.2) is 0 Å². The number of hydrogen-bond donors (Lipinski definition) is 3. The lowest BCUT2D eigenvalue weighted by molar-refractivity contribution is -0.140. The van der Waals surface area contributed by atoms with Gasteiger partial charge >= 0.3 is 12.0 Å². The van der Waals surface area contributed by atoms with E-state index < -0.39 is 18.0 Å². The zero-order valence-electron chi connectivity index (χ0n) is 10.1. The number of carbonyl (C=O) groups excluding carboxylic acids is 1. The molecule has 0 saturated carbocycles. The Balaban J connectivity index is 2.60. The van der Waals surface area contributed by atoms with Crippen LogP contribution in [0.4, 0.5) is 10.7 Å². The summed E-state index contributed by atoms with van der Waals surface area (Å²) in [5, 5.41) is 20.8.